The van der Waals surface area contributed by atoms with E-state index in [1.54, 1.807) is 20.3 Å². The monoisotopic (exact) mass is 261 g/mol. The fourth-order valence-corrected chi connectivity index (χ4v) is 0.801. The molecule has 0 aromatic heterocycles. The van der Waals surface area contributed by atoms with Gasteiger partial charge in [-0.05, 0) is 6.92 Å². The molecule has 13 heavy (non-hydrogen) atoms. The number of carbonyl (C=O) groups excluding carboxylic acids is 2. The van der Waals surface area contributed by atoms with E-state index in [-0.39, 0.29) is 51.1 Å². The van der Waals surface area contributed by atoms with Crippen molar-refractivity contribution in [3.63, 3.8) is 0 Å². The molecule has 4 nitrogen and oxygen atoms in total. The topological polar surface area (TPSA) is 57.6 Å². The molecule has 0 aliphatic rings. The molecular weight excluding hydrogens is 247 g/mol. The number of amides is 1. The summed E-state index contributed by atoms with van der Waals surface area (Å²) in [6.07, 6.45) is 0.725. The number of hydrogen-bond acceptors (Lipinski definition) is 3. The first-order chi connectivity index (χ1) is 5.50. The largest absolute Gasteiger partial charge is 0.542 e. The standard InChI is InChI=1S/C8H14NO3.Y/c1-6(8(12)4-5-10)9(3)7(2)11;/h6,8,12H,4H2,1-3H3;/q-1;. The van der Waals surface area contributed by atoms with Gasteiger partial charge in [-0.3, -0.25) is 11.1 Å². The molecule has 0 heterocycles. The first kappa shape index (κ1) is 15.7. The average Bonchev–Trinajstić information content (AvgIpc) is 2.02. The number of nitrogens with zero attached hydrogens (tertiary/aromatic N) is 1. The molecule has 0 aliphatic heterocycles. The van der Waals surface area contributed by atoms with E-state index in [1.165, 1.54) is 11.8 Å². The van der Waals surface area contributed by atoms with E-state index < -0.39 is 6.10 Å². The van der Waals surface area contributed by atoms with Crippen LogP contribution in [0.2, 0.25) is 0 Å². The summed E-state index contributed by atoms with van der Waals surface area (Å²) in [4.78, 5) is 22.1. The molecule has 1 N–H and O–H groups in total. The molecule has 2 unspecified atom stereocenters. The molecule has 0 fully saturated rings. The Bertz CT molecular complexity index is 175. The van der Waals surface area contributed by atoms with Crippen LogP contribution in [0, 0.1) is 0 Å². The molecule has 0 aliphatic carbocycles. The minimum absolute atomic E-state index is 0. The first-order valence-electron chi connectivity index (χ1n) is 3.77. The van der Waals surface area contributed by atoms with Gasteiger partial charge >= 0.3 is 0 Å². The minimum Gasteiger partial charge on any atom is -0.542 e. The second kappa shape index (κ2) is 7.59. The molecule has 0 bridgehead atoms. The van der Waals surface area contributed by atoms with E-state index in [0.29, 0.717) is 0 Å². The van der Waals surface area contributed by atoms with E-state index in [9.17, 15) is 14.7 Å². The van der Waals surface area contributed by atoms with Crippen molar-refractivity contribution in [3.05, 3.63) is 0 Å². The van der Waals surface area contributed by atoms with Crippen molar-refractivity contribution in [1.82, 2.24) is 4.90 Å². The van der Waals surface area contributed by atoms with Crippen molar-refractivity contribution in [2.45, 2.75) is 32.4 Å². The molecule has 0 saturated carbocycles. The summed E-state index contributed by atoms with van der Waals surface area (Å²) in [6.45, 7) is 3.09. The van der Waals surface area contributed by atoms with Gasteiger partial charge in [-0.25, -0.2) is 0 Å². The number of likely N-dealkylation sites (N-methyl/N-ethyl adjacent to an activating group) is 1. The normalized spacial score (nSPS) is 13.8. The van der Waals surface area contributed by atoms with Crippen molar-refractivity contribution >= 4 is 12.2 Å². The smallest absolute Gasteiger partial charge is 0.219 e. The van der Waals surface area contributed by atoms with E-state index in [2.05, 4.69) is 0 Å². The zero-order valence-corrected chi connectivity index (χ0v) is 11.0. The summed E-state index contributed by atoms with van der Waals surface area (Å²) in [6, 6.07) is -0.344. The maximum absolute atomic E-state index is 10.8. The predicted molar refractivity (Wildman–Crippen MR) is 44.2 cm³/mol. The third kappa shape index (κ3) is 5.50. The molecule has 0 saturated heterocycles. The summed E-state index contributed by atoms with van der Waals surface area (Å²) in [5, 5.41) is 9.28. The van der Waals surface area contributed by atoms with Crippen LogP contribution in [0.5, 0.6) is 0 Å². The van der Waals surface area contributed by atoms with Crippen LogP contribution in [0.1, 0.15) is 20.3 Å². The number of aliphatic hydroxyl groups excluding tert-OH is 1. The van der Waals surface area contributed by atoms with Crippen molar-refractivity contribution in [3.8, 4) is 0 Å². The number of hydrogen-bond donors (Lipinski definition) is 1. The fraction of sp³-hybridized carbons (Fsp3) is 0.750. The van der Waals surface area contributed by atoms with Gasteiger partial charge in [0.1, 0.15) is 0 Å². The Hall–Kier alpha value is 0.204. The third-order valence-electron chi connectivity index (χ3n) is 1.96. The van der Waals surface area contributed by atoms with Crippen LogP contribution in [-0.2, 0) is 42.3 Å². The molecule has 2 atom stereocenters. The Kier molecular flexibility index (Phi) is 9.15. The van der Waals surface area contributed by atoms with E-state index in [0.717, 1.165) is 0 Å². The van der Waals surface area contributed by atoms with Gasteiger partial charge in [0, 0.05) is 46.7 Å². The second-order valence-electron chi connectivity index (χ2n) is 2.79. The molecule has 0 spiro atoms. The van der Waals surface area contributed by atoms with Crippen molar-refractivity contribution in [2.75, 3.05) is 7.05 Å². The molecule has 5 heteroatoms. The van der Waals surface area contributed by atoms with Crippen LogP contribution in [-0.4, -0.2) is 41.4 Å². The van der Waals surface area contributed by atoms with Crippen LogP contribution >= 0.6 is 0 Å². The molecule has 1 amide bonds. The van der Waals surface area contributed by atoms with Crippen LogP contribution in [0.15, 0.2) is 0 Å². The first-order valence-corrected chi connectivity index (χ1v) is 3.77. The van der Waals surface area contributed by atoms with Gasteiger partial charge in [0.05, 0.1) is 12.1 Å². The molecular formula is C8H14NO3Y-. The minimum atomic E-state index is -0.823. The SMILES string of the molecule is CC(=O)N(C)C(C)C(O)C[C-]=O.[Y]. The zero-order valence-electron chi connectivity index (χ0n) is 8.15. The van der Waals surface area contributed by atoms with E-state index >= 15 is 0 Å². The van der Waals surface area contributed by atoms with E-state index in [4.69, 9.17) is 0 Å². The molecule has 0 aromatic carbocycles. The number of carbonyl (C=O) groups is 1. The van der Waals surface area contributed by atoms with Gasteiger partial charge < -0.3 is 14.8 Å². The fourth-order valence-electron chi connectivity index (χ4n) is 0.801. The van der Waals surface area contributed by atoms with Crippen LogP contribution in [0.25, 0.3) is 0 Å². The van der Waals surface area contributed by atoms with Gasteiger partial charge in [-0.15, -0.1) is 6.42 Å². The Labute approximate surface area is 104 Å². The average molecular weight is 261 g/mol. The van der Waals surface area contributed by atoms with Crippen LogP contribution < -0.4 is 0 Å². The van der Waals surface area contributed by atoms with Gasteiger partial charge in [-0.2, -0.15) is 0 Å². The zero-order chi connectivity index (χ0) is 9.72. The van der Waals surface area contributed by atoms with Gasteiger partial charge in [0.25, 0.3) is 0 Å². The summed E-state index contributed by atoms with van der Waals surface area (Å²) < 4.78 is 0. The van der Waals surface area contributed by atoms with Crippen molar-refractivity contribution in [1.29, 1.82) is 0 Å². The van der Waals surface area contributed by atoms with Crippen LogP contribution in [0.4, 0.5) is 0 Å². The maximum atomic E-state index is 10.8. The van der Waals surface area contributed by atoms with Crippen molar-refractivity contribution in [2.24, 2.45) is 0 Å². The van der Waals surface area contributed by atoms with E-state index in [1.807, 2.05) is 0 Å². The van der Waals surface area contributed by atoms with Crippen molar-refractivity contribution < 1.29 is 47.4 Å². The molecule has 0 aromatic rings. The predicted octanol–water partition coefficient (Wildman–Crippen LogP) is -0.289. The molecule has 1 radical (unpaired) electrons. The molecule has 73 valence electrons. The van der Waals surface area contributed by atoms with Gasteiger partial charge in [0.2, 0.25) is 5.91 Å². The second-order valence-corrected chi connectivity index (χ2v) is 2.79. The van der Waals surface area contributed by atoms with Gasteiger partial charge in [0.15, 0.2) is 0 Å². The summed E-state index contributed by atoms with van der Waals surface area (Å²) in [7, 11) is 1.58. The summed E-state index contributed by atoms with van der Waals surface area (Å²) in [5.74, 6) is -0.132. The number of aliphatic hydroxyl groups is 1. The third-order valence-corrected chi connectivity index (χ3v) is 1.96. The Morgan fingerprint density at radius 3 is 2.38 bits per heavy atom. The van der Waals surface area contributed by atoms with Crippen LogP contribution in [0.3, 0.4) is 0 Å². The quantitative estimate of drug-likeness (QED) is 0.707. The maximum Gasteiger partial charge on any atom is 0.219 e. The van der Waals surface area contributed by atoms with Gasteiger partial charge in [-0.1, -0.05) is 0 Å². The summed E-state index contributed by atoms with van der Waals surface area (Å²) in [5.41, 5.74) is 0. The summed E-state index contributed by atoms with van der Waals surface area (Å²) >= 11 is 0. The Balaban J connectivity index is 0. The molecule has 0 rings (SSSR count). The Morgan fingerprint density at radius 2 is 2.08 bits per heavy atom. The number of rotatable bonds is 4. The Morgan fingerprint density at radius 1 is 1.62 bits per heavy atom.